The van der Waals surface area contributed by atoms with Gasteiger partial charge in [-0.25, -0.2) is 9.87 Å². The fourth-order valence-electron chi connectivity index (χ4n) is 3.23. The Morgan fingerprint density at radius 1 is 1.19 bits per heavy atom. The summed E-state index contributed by atoms with van der Waals surface area (Å²) in [6.45, 7) is 6.25. The molecule has 2 aromatic carbocycles. The number of nitrogens with one attached hydrogen (secondary N) is 2. The molecular formula is C24H29FN2O4. The smallest absolute Gasteiger partial charge is 0.263 e. The Morgan fingerprint density at radius 2 is 1.74 bits per heavy atom. The fraction of sp³-hybridized carbons (Fsp3) is 0.292. The number of alkyl halides is 1. The molecule has 0 aliphatic carbocycles. The van der Waals surface area contributed by atoms with Gasteiger partial charge in [0.25, 0.3) is 5.91 Å². The molecule has 7 heteroatoms. The zero-order valence-corrected chi connectivity index (χ0v) is 17.9. The summed E-state index contributed by atoms with van der Waals surface area (Å²) in [5.74, 6) is -0.142. The Hall–Kier alpha value is -3.00. The number of carbonyl (C=O) groups is 1. The summed E-state index contributed by atoms with van der Waals surface area (Å²) < 4.78 is 19.5. The van der Waals surface area contributed by atoms with Crippen molar-refractivity contribution < 1.29 is 24.2 Å². The molecule has 0 bridgehead atoms. The summed E-state index contributed by atoms with van der Waals surface area (Å²) in [7, 11) is 1.63. The largest absolute Gasteiger partial charge is 0.497 e. The highest BCUT2D eigenvalue weighted by Crippen LogP contribution is 2.24. The van der Waals surface area contributed by atoms with Crippen molar-refractivity contribution in [2.24, 2.45) is 0 Å². The predicted octanol–water partition coefficient (Wildman–Crippen LogP) is 3.50. The number of benzene rings is 2. The van der Waals surface area contributed by atoms with Crippen LogP contribution in [0.1, 0.15) is 19.4 Å². The van der Waals surface area contributed by atoms with Crippen LogP contribution in [0.25, 0.3) is 17.2 Å². The minimum atomic E-state index is -2.09. The van der Waals surface area contributed by atoms with Crippen molar-refractivity contribution >= 4 is 12.0 Å². The zero-order chi connectivity index (χ0) is 23.0. The number of ether oxygens (including phenoxy) is 1. The van der Waals surface area contributed by atoms with E-state index in [-0.39, 0.29) is 12.1 Å². The average Bonchev–Trinajstić information content (AvgIpc) is 2.78. The zero-order valence-electron chi connectivity index (χ0n) is 17.9. The molecule has 0 aliphatic heterocycles. The number of rotatable bonds is 10. The highest BCUT2D eigenvalue weighted by atomic mass is 19.1. The minimum Gasteiger partial charge on any atom is -0.497 e. The number of hydroxylamine groups is 1. The summed E-state index contributed by atoms with van der Waals surface area (Å²) in [5, 5.41) is 22.2. The monoisotopic (exact) mass is 428 g/mol. The lowest BCUT2D eigenvalue weighted by molar-refractivity contribution is -0.140. The molecular weight excluding hydrogens is 399 g/mol. The van der Waals surface area contributed by atoms with Crippen molar-refractivity contribution in [1.82, 2.24) is 10.8 Å². The first kappa shape index (κ1) is 24.3. The SMILES string of the molecule is C=C(C)C(F)C(C)(O)C(NCC=Cc1ccc(-c2ccc(OC)cc2)cc1)C(=O)NO. The second-order valence-corrected chi connectivity index (χ2v) is 7.50. The van der Waals surface area contributed by atoms with Crippen LogP contribution in [0.3, 0.4) is 0 Å². The third-order valence-electron chi connectivity index (χ3n) is 4.99. The van der Waals surface area contributed by atoms with Crippen molar-refractivity contribution in [3.05, 3.63) is 72.3 Å². The Kier molecular flexibility index (Phi) is 8.50. The molecule has 0 radical (unpaired) electrons. The number of halogens is 1. The van der Waals surface area contributed by atoms with Crippen LogP contribution in [0.15, 0.2) is 66.8 Å². The van der Waals surface area contributed by atoms with Crippen LogP contribution in [-0.2, 0) is 4.79 Å². The normalized spacial score (nSPS) is 15.2. The second-order valence-electron chi connectivity index (χ2n) is 7.50. The van der Waals surface area contributed by atoms with Gasteiger partial charge < -0.3 is 9.84 Å². The van der Waals surface area contributed by atoms with Gasteiger partial charge in [0, 0.05) is 6.54 Å². The maximum atomic E-state index is 14.4. The molecule has 0 saturated carbocycles. The maximum Gasteiger partial charge on any atom is 0.263 e. The average molecular weight is 429 g/mol. The van der Waals surface area contributed by atoms with Gasteiger partial charge in [-0.05, 0) is 48.2 Å². The van der Waals surface area contributed by atoms with Gasteiger partial charge in [-0.1, -0.05) is 55.1 Å². The van der Waals surface area contributed by atoms with Gasteiger partial charge in [-0.3, -0.25) is 15.3 Å². The molecule has 3 atom stereocenters. The lowest BCUT2D eigenvalue weighted by atomic mass is 9.87. The second kappa shape index (κ2) is 10.9. The summed E-state index contributed by atoms with van der Waals surface area (Å²) in [5.41, 5.74) is 2.50. The molecule has 2 rings (SSSR count). The molecule has 0 spiro atoms. The van der Waals surface area contributed by atoms with E-state index in [1.165, 1.54) is 19.3 Å². The van der Waals surface area contributed by atoms with Crippen LogP contribution in [0, 0.1) is 0 Å². The lowest BCUT2D eigenvalue weighted by Gasteiger charge is -2.34. The van der Waals surface area contributed by atoms with Crippen molar-refractivity contribution in [1.29, 1.82) is 0 Å². The first-order valence-electron chi connectivity index (χ1n) is 9.81. The fourth-order valence-corrected chi connectivity index (χ4v) is 3.23. The summed E-state index contributed by atoms with van der Waals surface area (Å²) in [4.78, 5) is 12.0. The van der Waals surface area contributed by atoms with E-state index < -0.39 is 23.7 Å². The molecule has 31 heavy (non-hydrogen) atoms. The quantitative estimate of drug-likeness (QED) is 0.264. The molecule has 0 heterocycles. The van der Waals surface area contributed by atoms with Crippen LogP contribution in [0.5, 0.6) is 5.75 Å². The van der Waals surface area contributed by atoms with E-state index >= 15 is 0 Å². The summed E-state index contributed by atoms with van der Waals surface area (Å²) in [6.07, 6.45) is 1.72. The summed E-state index contributed by atoms with van der Waals surface area (Å²) in [6, 6.07) is 14.3. The van der Waals surface area contributed by atoms with E-state index in [1.54, 1.807) is 13.2 Å². The molecule has 0 fully saturated rings. The Balaban J connectivity index is 2.02. The molecule has 4 N–H and O–H groups in total. The molecule has 0 aliphatic rings. The van der Waals surface area contributed by atoms with E-state index in [4.69, 9.17) is 9.94 Å². The first-order valence-corrected chi connectivity index (χ1v) is 9.81. The van der Waals surface area contributed by atoms with Crippen molar-refractivity contribution in [2.45, 2.75) is 31.7 Å². The van der Waals surface area contributed by atoms with Crippen LogP contribution in [0.2, 0.25) is 0 Å². The van der Waals surface area contributed by atoms with E-state index in [2.05, 4.69) is 11.9 Å². The van der Waals surface area contributed by atoms with Crippen molar-refractivity contribution in [3.8, 4) is 16.9 Å². The Labute approximate surface area is 182 Å². The number of hydrogen-bond donors (Lipinski definition) is 4. The van der Waals surface area contributed by atoms with Crippen molar-refractivity contribution in [3.63, 3.8) is 0 Å². The Bertz CT molecular complexity index is 908. The number of hydrogen-bond acceptors (Lipinski definition) is 5. The van der Waals surface area contributed by atoms with Gasteiger partial charge in [0.1, 0.15) is 17.4 Å². The van der Waals surface area contributed by atoms with Gasteiger partial charge in [0.2, 0.25) is 0 Å². The highest BCUT2D eigenvalue weighted by Gasteiger charge is 2.44. The lowest BCUT2D eigenvalue weighted by Crippen LogP contribution is -2.61. The standard InChI is InChI=1S/C24H29FN2O4/c1-16(2)21(25)24(3,29)22(23(28)27-30)26-15-5-6-17-7-9-18(10-8-17)19-11-13-20(31-4)14-12-19/h5-14,21-22,26,29-30H,1,15H2,2-4H3,(H,27,28). The third-order valence-corrected chi connectivity index (χ3v) is 4.99. The number of carbonyl (C=O) groups excluding carboxylic acids is 1. The van der Waals surface area contributed by atoms with Gasteiger partial charge in [0.05, 0.1) is 7.11 Å². The van der Waals surface area contributed by atoms with Gasteiger partial charge >= 0.3 is 0 Å². The van der Waals surface area contributed by atoms with E-state index in [0.29, 0.717) is 0 Å². The number of aliphatic hydroxyl groups is 1. The van der Waals surface area contributed by atoms with Gasteiger partial charge in [0.15, 0.2) is 6.17 Å². The maximum absolute atomic E-state index is 14.4. The Morgan fingerprint density at radius 3 is 2.23 bits per heavy atom. The van der Waals surface area contributed by atoms with E-state index in [1.807, 2.05) is 54.6 Å². The summed E-state index contributed by atoms with van der Waals surface area (Å²) >= 11 is 0. The molecule has 2 aromatic rings. The third kappa shape index (κ3) is 6.24. The van der Waals surface area contributed by atoms with E-state index in [9.17, 15) is 14.3 Å². The van der Waals surface area contributed by atoms with Gasteiger partial charge in [-0.2, -0.15) is 0 Å². The number of amides is 1. The predicted molar refractivity (Wildman–Crippen MR) is 120 cm³/mol. The molecule has 3 unspecified atom stereocenters. The van der Waals surface area contributed by atoms with E-state index in [0.717, 1.165) is 22.4 Å². The topological polar surface area (TPSA) is 90.8 Å². The van der Waals surface area contributed by atoms with Crippen LogP contribution < -0.4 is 15.5 Å². The number of methoxy groups -OCH3 is 1. The molecule has 166 valence electrons. The van der Waals surface area contributed by atoms with Crippen LogP contribution in [0.4, 0.5) is 4.39 Å². The molecule has 0 saturated heterocycles. The molecule has 1 amide bonds. The van der Waals surface area contributed by atoms with Crippen LogP contribution in [-0.4, -0.2) is 47.7 Å². The van der Waals surface area contributed by atoms with Gasteiger partial charge in [-0.15, -0.1) is 0 Å². The molecule has 0 aromatic heterocycles. The first-order chi connectivity index (χ1) is 14.7. The molecule has 6 nitrogen and oxygen atoms in total. The van der Waals surface area contributed by atoms with Crippen molar-refractivity contribution in [2.75, 3.05) is 13.7 Å². The van der Waals surface area contributed by atoms with Crippen LogP contribution >= 0.6 is 0 Å². The minimum absolute atomic E-state index is 0.0787. The highest BCUT2D eigenvalue weighted by molar-refractivity contribution is 5.82.